The Balaban J connectivity index is 0.000000126. The second-order valence-electron chi connectivity index (χ2n) is 29.9. The number of aromatic nitrogens is 33. The average Bonchev–Trinajstić information content (AvgIpc) is 2.23. The van der Waals surface area contributed by atoms with E-state index in [2.05, 4.69) is 191 Å². The summed E-state index contributed by atoms with van der Waals surface area (Å²) >= 11 is 1.35. The summed E-state index contributed by atoms with van der Waals surface area (Å²) in [6, 6.07) is 50.9. The molecule has 0 bridgehead atoms. The van der Waals surface area contributed by atoms with Gasteiger partial charge in [-0.15, -0.1) is 62.9 Å². The van der Waals surface area contributed by atoms with Gasteiger partial charge in [-0.1, -0.05) is 72.8 Å². The maximum Gasteiger partial charge on any atom is 0.265 e. The molecule has 0 aliphatic carbocycles. The molecular formula is C94H73N53S. The van der Waals surface area contributed by atoms with Crippen LogP contribution in [-0.4, -0.2) is 169 Å². The Morgan fingerprint density at radius 2 is 0.581 bits per heavy atom. The molecule has 0 saturated carbocycles. The molecule has 0 aliphatic heterocycles. The largest absolute Gasteiger partial charge is 0.382 e. The molecule has 148 heavy (non-hydrogen) atoms. The molecule has 20 aromatic heterocycles. The quantitative estimate of drug-likeness (QED) is 0.0239. The molecule has 0 radical (unpaired) electrons. The van der Waals surface area contributed by atoms with Crippen LogP contribution in [0.5, 0.6) is 0 Å². The highest BCUT2D eigenvalue weighted by Gasteiger charge is 2.28. The molecule has 0 atom stereocenters. The molecular weight excluding hydrogens is 1900 g/mol. The molecule has 20 heterocycles. The Morgan fingerprint density at radius 3 is 0.953 bits per heavy atom. The fourth-order valence-electron chi connectivity index (χ4n) is 13.6. The molecule has 0 aliphatic rings. The van der Waals surface area contributed by atoms with E-state index in [4.69, 9.17) is 61.5 Å². The monoisotopic (exact) mass is 1980 g/mol. The molecule has 10 N–H and O–H groups in total. The van der Waals surface area contributed by atoms with Crippen LogP contribution in [0.4, 0.5) is 115 Å². The maximum atomic E-state index is 7.58. The van der Waals surface area contributed by atoms with E-state index in [9.17, 15) is 0 Å². The van der Waals surface area contributed by atoms with E-state index in [1.165, 1.54) is 102 Å². The van der Waals surface area contributed by atoms with Crippen molar-refractivity contribution in [2.24, 2.45) is 51.1 Å². The lowest BCUT2D eigenvalue weighted by atomic mass is 10.1. The fraction of sp³-hybridized carbons (Fsp3) is 0.0638. The van der Waals surface area contributed by atoms with Gasteiger partial charge >= 0.3 is 0 Å². The molecule has 21 rings (SSSR count). The number of aryl methyl sites for hydroxylation is 5. The molecule has 0 amide bonds. The molecule has 1 aromatic carbocycles. The van der Waals surface area contributed by atoms with Crippen molar-refractivity contribution in [1.82, 2.24) is 163 Å². The lowest BCUT2D eigenvalue weighted by Gasteiger charge is -2.03. The van der Waals surface area contributed by atoms with Crippen LogP contribution < -0.4 is 28.7 Å². The standard InChI is InChI=1S/C23H16N10.C19H16N10S.C19H16N10.C17H13N11.C16H12N12/c1-25-17-15-28-33(19-12-6-8-14-27-19)23(17)30-29-21-20(16-9-3-2-4-10-16)31-32(22(21)24)18-11-5-7-13-26-18;1-12-15(17(20)28(26-12)13-8-4-6-10-22-13)24-25-18-16(21-2)19(30-3)27-29(18)14-9-5-7-11-23-14;1-12-16(18(20)28(26-12)14-8-4-6-10-22-14)24-25-19-17(21-3)13(2)27-29(19)15-9-5-7-11-23-15;1-11-15(16(18)27(26-11)13-5-3-4-7-21-13)24-25-17-12(19-2)9-23-28(17)14-6-8-20-10-22-14;1-10-13(14(17)28(26-10)16-21-4-3-5-22-16)24-25-15-11(18-2)8-23-27(15)12-9-19-6-7-20-12/h2-15H,24H2;4-11H,20H2,1,3H3;4-11H,20H2,1-2H3;3-10H,18H2,1H3;3-9H,17H2,1H3. The van der Waals surface area contributed by atoms with Gasteiger partial charge in [-0.3, -0.25) is 4.98 Å². The molecule has 21 aromatic rings. The Morgan fingerprint density at radius 1 is 0.257 bits per heavy atom. The zero-order valence-electron chi connectivity index (χ0n) is 78.2. The minimum atomic E-state index is 0.206. The number of nitrogens with two attached hydrogens (primary N) is 5. The Kier molecular flexibility index (Phi) is 29.5. The summed E-state index contributed by atoms with van der Waals surface area (Å²) in [4.78, 5) is 71.9. The van der Waals surface area contributed by atoms with Crippen LogP contribution in [0, 0.1) is 67.5 Å². The van der Waals surface area contributed by atoms with Gasteiger partial charge in [0.25, 0.3) is 34.4 Å². The zero-order valence-corrected chi connectivity index (χ0v) is 79.1. The summed E-state index contributed by atoms with van der Waals surface area (Å²) in [5.41, 5.74) is 38.6. The molecule has 0 unspecified atom stereocenters. The SMILES string of the molecule is [C-]#[N+]c1c(C)nn(-c2ccccn2)c1N=Nc1c(C)nn(-c2ccccn2)c1N.[C-]#[N+]c1c(SC)nn(-c2ccccn2)c1N=Nc1c(C)nn(-c2ccccn2)c1N.[C-]#[N+]c1cnn(-c2ccccn2)c1N=Nc1c(-c2ccccc2)nn(-c2ccccn2)c1N.[C-]#[N+]c1cnn(-c2ccncn2)c1N=Nc1c(C)nn(-c2ccccn2)c1N.[C-]#[N+]c1cnn(-c2cnccn2)c1N=Nc1c(C)nn(-c2ncccn2)c1N. The van der Waals surface area contributed by atoms with Gasteiger partial charge in [0.05, 0.1) is 86.1 Å². The summed E-state index contributed by atoms with van der Waals surface area (Å²) in [5.74, 6) is 7.66. The number of anilines is 5. The third-order valence-electron chi connectivity index (χ3n) is 20.5. The van der Waals surface area contributed by atoms with Gasteiger partial charge in [0, 0.05) is 86.0 Å². The van der Waals surface area contributed by atoms with Crippen molar-refractivity contribution in [3.8, 4) is 69.6 Å². The predicted octanol–water partition coefficient (Wildman–Crippen LogP) is 19.1. The first kappa shape index (κ1) is 97.1. The molecule has 54 heteroatoms. The first-order chi connectivity index (χ1) is 72.4. The topological polar surface area (TPSA) is 621 Å². The van der Waals surface area contributed by atoms with Gasteiger partial charge in [-0.05, 0) is 132 Å². The van der Waals surface area contributed by atoms with Gasteiger partial charge in [0.2, 0.25) is 0 Å². The van der Waals surface area contributed by atoms with E-state index in [0.717, 1.165) is 5.56 Å². The molecule has 0 saturated heterocycles. The first-order valence-corrected chi connectivity index (χ1v) is 44.6. The zero-order chi connectivity index (χ0) is 103. The van der Waals surface area contributed by atoms with E-state index in [1.807, 2.05) is 97.3 Å². The number of azo groups is 5. The van der Waals surface area contributed by atoms with Crippen LogP contribution in [0.15, 0.2) is 332 Å². The van der Waals surface area contributed by atoms with Crippen LogP contribution in [0.3, 0.4) is 0 Å². The van der Waals surface area contributed by atoms with Crippen molar-refractivity contribution < 1.29 is 0 Å². The smallest absolute Gasteiger partial charge is 0.265 e. The molecule has 0 fully saturated rings. The van der Waals surface area contributed by atoms with Crippen LogP contribution in [0.2, 0.25) is 0 Å². The highest BCUT2D eigenvalue weighted by atomic mass is 32.2. The van der Waals surface area contributed by atoms with Gasteiger partial charge in [-0.2, -0.15) is 74.4 Å². The lowest BCUT2D eigenvalue weighted by molar-refractivity contribution is 0.805. The highest BCUT2D eigenvalue weighted by molar-refractivity contribution is 7.98. The fourth-order valence-corrected chi connectivity index (χ4v) is 14.1. The Labute approximate surface area is 841 Å². The summed E-state index contributed by atoms with van der Waals surface area (Å²) in [5, 5.41) is 86.9. The van der Waals surface area contributed by atoms with Crippen molar-refractivity contribution >= 4 is 127 Å². The number of pyridine rings is 7. The van der Waals surface area contributed by atoms with Crippen molar-refractivity contribution in [2.45, 2.75) is 39.6 Å². The average molecular weight is 1980 g/mol. The number of hydrogen-bond donors (Lipinski definition) is 5. The van der Waals surface area contributed by atoms with Gasteiger partial charge in [-0.25, -0.2) is 107 Å². The normalized spacial score (nSPS) is 11.0. The van der Waals surface area contributed by atoms with Gasteiger partial charge in [0.1, 0.15) is 17.0 Å². The van der Waals surface area contributed by atoms with E-state index in [0.29, 0.717) is 149 Å². The predicted molar refractivity (Wildman–Crippen MR) is 542 cm³/mol. The van der Waals surface area contributed by atoms with Gasteiger partial charge in [0.15, 0.2) is 139 Å². The second-order valence-corrected chi connectivity index (χ2v) is 30.7. The Hall–Kier alpha value is -22.6. The van der Waals surface area contributed by atoms with Crippen LogP contribution in [0.25, 0.3) is 93.8 Å². The third-order valence-corrected chi connectivity index (χ3v) is 21.2. The van der Waals surface area contributed by atoms with Gasteiger partial charge < -0.3 is 28.7 Å². The second kappa shape index (κ2) is 44.9. The number of thioether (sulfide) groups is 1. The minimum absolute atomic E-state index is 0.206. The number of nitrogens with zero attached hydrogens (tertiary/aromatic N) is 48. The minimum Gasteiger partial charge on any atom is -0.382 e. The number of nitrogen functional groups attached to an aromatic ring is 5. The van der Waals surface area contributed by atoms with Crippen molar-refractivity contribution in [3.63, 3.8) is 0 Å². The van der Waals surface area contributed by atoms with E-state index < -0.39 is 0 Å². The highest BCUT2D eigenvalue weighted by Crippen LogP contribution is 2.45. The van der Waals surface area contributed by atoms with Crippen LogP contribution in [-0.2, 0) is 0 Å². The summed E-state index contributed by atoms with van der Waals surface area (Å²) in [7, 11) is 0. The number of benzene rings is 1. The lowest BCUT2D eigenvalue weighted by Crippen LogP contribution is -2.05. The van der Waals surface area contributed by atoms with E-state index in [-0.39, 0.29) is 63.6 Å². The Bertz CT molecular complexity index is 8460. The summed E-state index contributed by atoms with van der Waals surface area (Å²) in [6.45, 7) is 46.0. The van der Waals surface area contributed by atoms with E-state index >= 15 is 0 Å². The first-order valence-electron chi connectivity index (χ1n) is 43.4. The summed E-state index contributed by atoms with van der Waals surface area (Å²) in [6.07, 6.45) is 28.3. The van der Waals surface area contributed by atoms with Crippen molar-refractivity contribution in [3.05, 3.63) is 361 Å². The molecule has 0 spiro atoms. The maximum absolute atomic E-state index is 7.58. The molecule has 53 nitrogen and oxygen atoms in total. The van der Waals surface area contributed by atoms with Crippen molar-refractivity contribution in [1.29, 1.82) is 0 Å². The molecule has 720 valence electrons. The van der Waals surface area contributed by atoms with E-state index in [1.54, 1.807) is 175 Å². The van der Waals surface area contributed by atoms with Crippen LogP contribution in [0.1, 0.15) is 28.5 Å². The number of rotatable bonds is 22. The summed E-state index contributed by atoms with van der Waals surface area (Å²) < 4.78 is 14.6. The van der Waals surface area contributed by atoms with Crippen LogP contribution >= 0.6 is 11.8 Å². The number of hydrogen-bond acceptors (Lipinski definition) is 39. The third kappa shape index (κ3) is 20.9. The van der Waals surface area contributed by atoms with Crippen molar-refractivity contribution in [2.75, 3.05) is 34.9 Å².